The van der Waals surface area contributed by atoms with E-state index in [1.165, 1.54) is 0 Å². The molecule has 1 aromatic carbocycles. The molecule has 0 saturated carbocycles. The van der Waals surface area contributed by atoms with Crippen molar-refractivity contribution >= 4 is 11.9 Å². The monoisotopic (exact) mass is 215 g/mol. The third kappa shape index (κ3) is 2.28. The Hall–Kier alpha value is -2.10. The van der Waals surface area contributed by atoms with Crippen LogP contribution in [0.2, 0.25) is 0 Å². The Morgan fingerprint density at radius 3 is 2.88 bits per heavy atom. The van der Waals surface area contributed by atoms with Crippen LogP contribution in [0.15, 0.2) is 41.8 Å². The van der Waals surface area contributed by atoms with E-state index < -0.39 is 0 Å². The Morgan fingerprint density at radius 2 is 2.19 bits per heavy atom. The van der Waals surface area contributed by atoms with Gasteiger partial charge < -0.3 is 9.30 Å². The number of rotatable bonds is 3. The van der Waals surface area contributed by atoms with Gasteiger partial charge in [0.25, 0.3) is 0 Å². The summed E-state index contributed by atoms with van der Waals surface area (Å²) in [6.07, 6.45) is 5.36. The van der Waals surface area contributed by atoms with E-state index in [0.717, 1.165) is 17.1 Å². The lowest BCUT2D eigenvalue weighted by molar-refractivity contribution is 0.416. The average Bonchev–Trinajstić information content (AvgIpc) is 2.73. The van der Waals surface area contributed by atoms with E-state index in [2.05, 4.69) is 9.98 Å². The lowest BCUT2D eigenvalue weighted by Crippen LogP contribution is -1.84. The van der Waals surface area contributed by atoms with E-state index in [0.29, 0.717) is 0 Å². The Morgan fingerprint density at radius 1 is 1.38 bits per heavy atom. The number of hydrogen-bond acceptors (Lipinski definition) is 3. The van der Waals surface area contributed by atoms with Crippen molar-refractivity contribution in [1.29, 1.82) is 0 Å². The molecule has 2 rings (SSSR count). The Bertz CT molecular complexity index is 502. The first kappa shape index (κ1) is 10.4. The standard InChI is InChI=1S/C12H13N3O/c1-15-8-10(14-9-15)7-13-11-5-3-4-6-12(11)16-2/h3-9H,1-2H3. The summed E-state index contributed by atoms with van der Waals surface area (Å²) < 4.78 is 7.08. The molecular weight excluding hydrogens is 202 g/mol. The maximum atomic E-state index is 5.20. The van der Waals surface area contributed by atoms with Gasteiger partial charge in [-0.3, -0.25) is 4.99 Å². The molecule has 0 spiro atoms. The second-order valence-electron chi connectivity index (χ2n) is 3.39. The number of aliphatic imine (C=N–C) groups is 1. The van der Waals surface area contributed by atoms with E-state index in [1.54, 1.807) is 19.7 Å². The molecular formula is C12H13N3O. The van der Waals surface area contributed by atoms with Gasteiger partial charge in [-0.2, -0.15) is 0 Å². The van der Waals surface area contributed by atoms with Gasteiger partial charge in [0.2, 0.25) is 0 Å². The summed E-state index contributed by atoms with van der Waals surface area (Å²) in [5, 5.41) is 0. The molecule has 0 aliphatic heterocycles. The second-order valence-corrected chi connectivity index (χ2v) is 3.39. The maximum absolute atomic E-state index is 5.20. The Labute approximate surface area is 94.2 Å². The molecule has 0 aliphatic rings. The van der Waals surface area contributed by atoms with Crippen molar-refractivity contribution in [2.45, 2.75) is 0 Å². The molecule has 1 heterocycles. The van der Waals surface area contributed by atoms with Crippen molar-refractivity contribution in [2.75, 3.05) is 7.11 Å². The zero-order chi connectivity index (χ0) is 11.4. The summed E-state index contributed by atoms with van der Waals surface area (Å²) in [5.74, 6) is 0.759. The summed E-state index contributed by atoms with van der Waals surface area (Å²) in [5.41, 5.74) is 1.63. The highest BCUT2D eigenvalue weighted by Gasteiger charge is 1.98. The molecule has 82 valence electrons. The topological polar surface area (TPSA) is 39.4 Å². The molecule has 0 bridgehead atoms. The Balaban J connectivity index is 2.23. The molecule has 0 radical (unpaired) electrons. The highest BCUT2D eigenvalue weighted by Crippen LogP contribution is 2.25. The minimum atomic E-state index is 0.759. The fourth-order valence-corrected chi connectivity index (χ4v) is 1.37. The molecule has 0 N–H and O–H groups in total. The van der Waals surface area contributed by atoms with Crippen LogP contribution in [0, 0.1) is 0 Å². The summed E-state index contributed by atoms with van der Waals surface area (Å²) in [4.78, 5) is 8.49. The van der Waals surface area contributed by atoms with Crippen molar-refractivity contribution in [3.63, 3.8) is 0 Å². The number of nitrogens with zero attached hydrogens (tertiary/aromatic N) is 3. The molecule has 0 aliphatic carbocycles. The van der Waals surface area contributed by atoms with Gasteiger partial charge in [0.1, 0.15) is 11.4 Å². The van der Waals surface area contributed by atoms with Gasteiger partial charge in [0.15, 0.2) is 0 Å². The number of aromatic nitrogens is 2. The van der Waals surface area contributed by atoms with Crippen molar-refractivity contribution in [3.8, 4) is 5.75 Å². The maximum Gasteiger partial charge on any atom is 0.144 e. The van der Waals surface area contributed by atoms with Crippen molar-refractivity contribution in [3.05, 3.63) is 42.5 Å². The predicted molar refractivity (Wildman–Crippen MR) is 63.5 cm³/mol. The van der Waals surface area contributed by atoms with E-state index >= 15 is 0 Å². The Kier molecular flexibility index (Phi) is 3.00. The molecule has 2 aromatic rings. The third-order valence-corrected chi connectivity index (χ3v) is 2.15. The van der Waals surface area contributed by atoms with Gasteiger partial charge in [-0.1, -0.05) is 12.1 Å². The molecule has 4 heteroatoms. The van der Waals surface area contributed by atoms with Crippen LogP contribution < -0.4 is 4.74 Å². The number of hydrogen-bond donors (Lipinski definition) is 0. The number of imidazole rings is 1. The molecule has 0 fully saturated rings. The number of ether oxygens (including phenoxy) is 1. The molecule has 0 unspecified atom stereocenters. The first-order valence-corrected chi connectivity index (χ1v) is 4.94. The largest absolute Gasteiger partial charge is 0.494 e. The molecule has 0 atom stereocenters. The molecule has 1 aromatic heterocycles. The zero-order valence-corrected chi connectivity index (χ0v) is 9.29. The van der Waals surface area contributed by atoms with Gasteiger partial charge in [-0.05, 0) is 12.1 Å². The van der Waals surface area contributed by atoms with Gasteiger partial charge in [-0.15, -0.1) is 0 Å². The van der Waals surface area contributed by atoms with Crippen LogP contribution >= 0.6 is 0 Å². The SMILES string of the molecule is COc1ccccc1N=Cc1cn(C)cn1. The highest BCUT2D eigenvalue weighted by atomic mass is 16.5. The fourth-order valence-electron chi connectivity index (χ4n) is 1.37. The minimum Gasteiger partial charge on any atom is -0.494 e. The fraction of sp³-hybridized carbons (Fsp3) is 0.167. The average molecular weight is 215 g/mol. The zero-order valence-electron chi connectivity index (χ0n) is 9.29. The minimum absolute atomic E-state index is 0.759. The normalized spacial score (nSPS) is 10.9. The summed E-state index contributed by atoms with van der Waals surface area (Å²) in [7, 11) is 3.56. The molecule has 0 amide bonds. The van der Waals surface area contributed by atoms with Crippen molar-refractivity contribution in [1.82, 2.24) is 9.55 Å². The molecule has 4 nitrogen and oxygen atoms in total. The molecule has 16 heavy (non-hydrogen) atoms. The van der Waals surface area contributed by atoms with Crippen LogP contribution in [0.3, 0.4) is 0 Å². The van der Waals surface area contributed by atoms with Crippen LogP contribution in [-0.2, 0) is 7.05 Å². The van der Waals surface area contributed by atoms with Crippen LogP contribution in [0.1, 0.15) is 5.69 Å². The summed E-state index contributed by atoms with van der Waals surface area (Å²) >= 11 is 0. The van der Waals surface area contributed by atoms with E-state index in [9.17, 15) is 0 Å². The van der Waals surface area contributed by atoms with Gasteiger partial charge in [-0.25, -0.2) is 4.98 Å². The highest BCUT2D eigenvalue weighted by molar-refractivity contribution is 5.80. The van der Waals surface area contributed by atoms with E-state index in [-0.39, 0.29) is 0 Å². The van der Waals surface area contributed by atoms with Gasteiger partial charge in [0.05, 0.1) is 25.3 Å². The second kappa shape index (κ2) is 4.61. The van der Waals surface area contributed by atoms with Crippen molar-refractivity contribution < 1.29 is 4.74 Å². The van der Waals surface area contributed by atoms with Crippen LogP contribution in [-0.4, -0.2) is 22.9 Å². The smallest absolute Gasteiger partial charge is 0.144 e. The number of para-hydroxylation sites is 2. The van der Waals surface area contributed by atoms with Crippen molar-refractivity contribution in [2.24, 2.45) is 12.0 Å². The number of aryl methyl sites for hydroxylation is 1. The quantitative estimate of drug-likeness (QED) is 0.736. The van der Waals surface area contributed by atoms with Crippen LogP contribution in [0.5, 0.6) is 5.75 Å². The van der Waals surface area contributed by atoms with Crippen LogP contribution in [0.4, 0.5) is 5.69 Å². The lowest BCUT2D eigenvalue weighted by atomic mass is 10.3. The third-order valence-electron chi connectivity index (χ3n) is 2.15. The number of benzene rings is 1. The first-order valence-electron chi connectivity index (χ1n) is 4.94. The predicted octanol–water partition coefficient (Wildman–Crippen LogP) is 2.18. The summed E-state index contributed by atoms with van der Waals surface area (Å²) in [6, 6.07) is 7.62. The lowest BCUT2D eigenvalue weighted by Gasteiger charge is -2.01. The van der Waals surface area contributed by atoms with Crippen LogP contribution in [0.25, 0.3) is 0 Å². The van der Waals surface area contributed by atoms with Gasteiger partial charge in [0, 0.05) is 13.2 Å². The first-order chi connectivity index (χ1) is 7.79. The summed E-state index contributed by atoms with van der Waals surface area (Å²) in [6.45, 7) is 0. The van der Waals surface area contributed by atoms with Gasteiger partial charge >= 0.3 is 0 Å². The van der Waals surface area contributed by atoms with E-state index in [1.807, 2.05) is 42.1 Å². The van der Waals surface area contributed by atoms with E-state index in [4.69, 9.17) is 4.74 Å². The number of methoxy groups -OCH3 is 1. The molecule has 0 saturated heterocycles.